The Morgan fingerprint density at radius 3 is 2.62 bits per heavy atom. The van der Waals surface area contributed by atoms with E-state index in [0.717, 1.165) is 10.2 Å². The van der Waals surface area contributed by atoms with Crippen molar-refractivity contribution in [3.63, 3.8) is 0 Å². The van der Waals surface area contributed by atoms with Crippen LogP contribution in [-0.4, -0.2) is 38.6 Å². The summed E-state index contributed by atoms with van der Waals surface area (Å²) in [6, 6.07) is 5.38. The van der Waals surface area contributed by atoms with Gasteiger partial charge in [-0.1, -0.05) is 0 Å². The van der Waals surface area contributed by atoms with Crippen molar-refractivity contribution in [1.82, 2.24) is 0 Å². The molecule has 1 N–H and O–H groups in total. The number of aliphatic hydroxyl groups is 1. The standard InChI is InChI=1S/C11H15BrO4/c1-14-6-8(13)7-16-11-4-3-9(15-2)5-10(11)12/h3-5,8,13H,6-7H2,1-2H3/t8-/m0/s1. The van der Waals surface area contributed by atoms with Gasteiger partial charge < -0.3 is 19.3 Å². The normalized spacial score (nSPS) is 12.2. The Bertz CT molecular complexity index is 330. The second kappa shape index (κ2) is 6.73. The van der Waals surface area contributed by atoms with E-state index in [1.54, 1.807) is 25.3 Å². The Kier molecular flexibility index (Phi) is 5.59. The molecule has 0 aromatic heterocycles. The monoisotopic (exact) mass is 290 g/mol. The zero-order chi connectivity index (χ0) is 12.0. The summed E-state index contributed by atoms with van der Waals surface area (Å²) in [7, 11) is 3.14. The van der Waals surface area contributed by atoms with Gasteiger partial charge >= 0.3 is 0 Å². The van der Waals surface area contributed by atoms with Gasteiger partial charge in [0.05, 0.1) is 18.2 Å². The quantitative estimate of drug-likeness (QED) is 0.869. The minimum Gasteiger partial charge on any atom is -0.497 e. The van der Waals surface area contributed by atoms with Crippen molar-refractivity contribution in [2.24, 2.45) is 0 Å². The highest BCUT2D eigenvalue weighted by molar-refractivity contribution is 9.10. The molecule has 0 saturated carbocycles. The lowest BCUT2D eigenvalue weighted by Gasteiger charge is -2.13. The summed E-state index contributed by atoms with van der Waals surface area (Å²) in [5.74, 6) is 1.41. The number of benzene rings is 1. The van der Waals surface area contributed by atoms with E-state index >= 15 is 0 Å². The van der Waals surface area contributed by atoms with Crippen LogP contribution in [0.1, 0.15) is 0 Å². The highest BCUT2D eigenvalue weighted by atomic mass is 79.9. The Labute approximate surface area is 103 Å². The zero-order valence-corrected chi connectivity index (χ0v) is 10.9. The molecule has 0 fully saturated rings. The van der Waals surface area contributed by atoms with Gasteiger partial charge in [0.1, 0.15) is 24.2 Å². The lowest BCUT2D eigenvalue weighted by Crippen LogP contribution is -2.22. The lowest BCUT2D eigenvalue weighted by molar-refractivity contribution is 0.0323. The fraction of sp³-hybridized carbons (Fsp3) is 0.455. The molecule has 0 saturated heterocycles. The van der Waals surface area contributed by atoms with Crippen LogP contribution >= 0.6 is 15.9 Å². The van der Waals surface area contributed by atoms with Crippen molar-refractivity contribution in [3.05, 3.63) is 22.7 Å². The van der Waals surface area contributed by atoms with Crippen molar-refractivity contribution >= 4 is 15.9 Å². The van der Waals surface area contributed by atoms with Gasteiger partial charge in [-0.25, -0.2) is 0 Å². The molecule has 1 atom stereocenters. The summed E-state index contributed by atoms with van der Waals surface area (Å²) in [5.41, 5.74) is 0. The Balaban J connectivity index is 2.54. The second-order valence-electron chi connectivity index (χ2n) is 3.22. The van der Waals surface area contributed by atoms with Crippen molar-refractivity contribution in [2.45, 2.75) is 6.10 Å². The summed E-state index contributed by atoms with van der Waals surface area (Å²) >= 11 is 3.36. The second-order valence-corrected chi connectivity index (χ2v) is 4.07. The molecule has 1 aromatic rings. The molecular formula is C11H15BrO4. The number of hydrogen-bond acceptors (Lipinski definition) is 4. The van der Waals surface area contributed by atoms with Crippen molar-refractivity contribution in [3.8, 4) is 11.5 Å². The average molecular weight is 291 g/mol. The van der Waals surface area contributed by atoms with E-state index < -0.39 is 6.10 Å². The molecule has 16 heavy (non-hydrogen) atoms. The SMILES string of the molecule is COC[C@H](O)COc1ccc(OC)cc1Br. The van der Waals surface area contributed by atoms with Gasteiger partial charge in [0.15, 0.2) is 0 Å². The topological polar surface area (TPSA) is 47.9 Å². The smallest absolute Gasteiger partial charge is 0.133 e. The maximum Gasteiger partial charge on any atom is 0.133 e. The Hall–Kier alpha value is -0.780. The Morgan fingerprint density at radius 1 is 1.31 bits per heavy atom. The molecule has 0 aliphatic rings. The zero-order valence-electron chi connectivity index (χ0n) is 9.27. The molecular weight excluding hydrogens is 276 g/mol. The summed E-state index contributed by atoms with van der Waals surface area (Å²) in [6.07, 6.45) is -0.626. The van der Waals surface area contributed by atoms with Crippen LogP contribution in [0.5, 0.6) is 11.5 Å². The van der Waals surface area contributed by atoms with E-state index in [1.165, 1.54) is 7.11 Å². The minimum absolute atomic E-state index is 0.193. The van der Waals surface area contributed by atoms with Crippen LogP contribution in [0.15, 0.2) is 22.7 Å². The van der Waals surface area contributed by atoms with Crippen LogP contribution in [0.4, 0.5) is 0 Å². The Morgan fingerprint density at radius 2 is 2.06 bits per heavy atom. The first kappa shape index (κ1) is 13.3. The van der Waals surface area contributed by atoms with Crippen LogP contribution in [0.3, 0.4) is 0 Å². The van der Waals surface area contributed by atoms with Crippen molar-refractivity contribution in [2.75, 3.05) is 27.4 Å². The molecule has 0 aliphatic heterocycles. The molecule has 1 aromatic carbocycles. The fourth-order valence-electron chi connectivity index (χ4n) is 1.15. The maximum atomic E-state index is 9.41. The van der Waals surface area contributed by atoms with Gasteiger partial charge in [-0.2, -0.15) is 0 Å². The van der Waals surface area contributed by atoms with E-state index in [-0.39, 0.29) is 13.2 Å². The van der Waals surface area contributed by atoms with Crippen LogP contribution in [0.2, 0.25) is 0 Å². The molecule has 0 heterocycles. The summed E-state index contributed by atoms with van der Waals surface area (Å²) in [6.45, 7) is 0.451. The lowest BCUT2D eigenvalue weighted by atomic mass is 10.3. The number of halogens is 1. The minimum atomic E-state index is -0.626. The van der Waals surface area contributed by atoms with E-state index in [1.807, 2.05) is 0 Å². The molecule has 90 valence electrons. The van der Waals surface area contributed by atoms with Gasteiger partial charge in [0.2, 0.25) is 0 Å². The largest absolute Gasteiger partial charge is 0.497 e. The number of rotatable bonds is 6. The molecule has 0 radical (unpaired) electrons. The predicted molar refractivity (Wildman–Crippen MR) is 64.1 cm³/mol. The van der Waals surface area contributed by atoms with Gasteiger partial charge in [-0.15, -0.1) is 0 Å². The number of methoxy groups -OCH3 is 2. The highest BCUT2D eigenvalue weighted by Crippen LogP contribution is 2.29. The van der Waals surface area contributed by atoms with Gasteiger partial charge in [-0.3, -0.25) is 0 Å². The average Bonchev–Trinajstić information content (AvgIpc) is 2.27. The fourth-order valence-corrected chi connectivity index (χ4v) is 1.62. The van der Waals surface area contributed by atoms with Gasteiger partial charge in [-0.05, 0) is 34.1 Å². The van der Waals surface area contributed by atoms with E-state index in [9.17, 15) is 5.11 Å². The van der Waals surface area contributed by atoms with E-state index in [4.69, 9.17) is 14.2 Å². The third-order valence-corrected chi connectivity index (χ3v) is 2.55. The number of aliphatic hydroxyl groups excluding tert-OH is 1. The first-order chi connectivity index (χ1) is 7.67. The first-order valence-electron chi connectivity index (χ1n) is 4.80. The summed E-state index contributed by atoms with van der Waals surface area (Å²) in [4.78, 5) is 0. The molecule has 4 nitrogen and oxygen atoms in total. The molecule has 0 aliphatic carbocycles. The van der Waals surface area contributed by atoms with Crippen LogP contribution in [0, 0.1) is 0 Å². The van der Waals surface area contributed by atoms with E-state index in [0.29, 0.717) is 5.75 Å². The molecule has 1 rings (SSSR count). The van der Waals surface area contributed by atoms with Crippen LogP contribution in [-0.2, 0) is 4.74 Å². The van der Waals surface area contributed by atoms with Crippen molar-refractivity contribution in [1.29, 1.82) is 0 Å². The molecule has 0 bridgehead atoms. The highest BCUT2D eigenvalue weighted by Gasteiger charge is 2.07. The van der Waals surface area contributed by atoms with Gasteiger partial charge in [0.25, 0.3) is 0 Å². The maximum absolute atomic E-state index is 9.41. The third-order valence-electron chi connectivity index (χ3n) is 1.93. The summed E-state index contributed by atoms with van der Waals surface area (Å²) < 4.78 is 16.1. The number of ether oxygens (including phenoxy) is 3. The predicted octanol–water partition coefficient (Wildman–Crippen LogP) is 1.84. The van der Waals surface area contributed by atoms with E-state index in [2.05, 4.69) is 15.9 Å². The van der Waals surface area contributed by atoms with Gasteiger partial charge in [0, 0.05) is 7.11 Å². The first-order valence-corrected chi connectivity index (χ1v) is 5.60. The molecule has 0 amide bonds. The molecule has 5 heteroatoms. The number of hydrogen-bond donors (Lipinski definition) is 1. The molecule has 0 unspecified atom stereocenters. The molecule has 0 spiro atoms. The van der Waals surface area contributed by atoms with Crippen LogP contribution < -0.4 is 9.47 Å². The van der Waals surface area contributed by atoms with Crippen LogP contribution in [0.25, 0.3) is 0 Å². The third kappa shape index (κ3) is 4.00. The summed E-state index contributed by atoms with van der Waals surface area (Å²) in [5, 5.41) is 9.41. The van der Waals surface area contributed by atoms with Crippen molar-refractivity contribution < 1.29 is 19.3 Å².